The summed E-state index contributed by atoms with van der Waals surface area (Å²) in [7, 11) is 0. The van der Waals surface area contributed by atoms with Crippen molar-refractivity contribution in [2.24, 2.45) is 17.1 Å². The maximum Gasteiger partial charge on any atom is 0.223 e. The second-order valence-electron chi connectivity index (χ2n) is 5.71. The van der Waals surface area contributed by atoms with Gasteiger partial charge in [-0.05, 0) is 32.1 Å². The fourth-order valence-electron chi connectivity index (χ4n) is 2.66. The first-order valence-electron chi connectivity index (χ1n) is 7.21. The first-order chi connectivity index (χ1) is 8.56. The van der Waals surface area contributed by atoms with Crippen LogP contribution in [0.5, 0.6) is 0 Å². The minimum absolute atomic E-state index is 0.0684. The summed E-state index contributed by atoms with van der Waals surface area (Å²) < 4.78 is 0. The number of rotatable bonds is 6. The fraction of sp³-hybridized carbons (Fsp3) is 0.929. The summed E-state index contributed by atoms with van der Waals surface area (Å²) in [5, 5.41) is 12.5. The van der Waals surface area contributed by atoms with Crippen molar-refractivity contribution in [1.82, 2.24) is 5.32 Å². The van der Waals surface area contributed by atoms with Crippen molar-refractivity contribution in [3.8, 4) is 0 Å². The minimum Gasteiger partial charge on any atom is -0.396 e. The molecule has 0 spiro atoms. The molecule has 0 radical (unpaired) electrons. The normalized spacial score (nSPS) is 24.9. The molecule has 1 amide bonds. The van der Waals surface area contributed by atoms with Crippen molar-refractivity contribution < 1.29 is 9.90 Å². The molecule has 0 saturated heterocycles. The summed E-state index contributed by atoms with van der Waals surface area (Å²) in [6.07, 6.45) is 5.59. The van der Waals surface area contributed by atoms with Gasteiger partial charge in [-0.3, -0.25) is 4.79 Å². The van der Waals surface area contributed by atoms with Gasteiger partial charge in [0.1, 0.15) is 0 Å². The molecule has 0 heterocycles. The van der Waals surface area contributed by atoms with Crippen molar-refractivity contribution >= 4 is 5.91 Å². The Hall–Kier alpha value is -0.610. The third-order valence-corrected chi connectivity index (χ3v) is 4.56. The molecule has 0 aliphatic heterocycles. The summed E-state index contributed by atoms with van der Waals surface area (Å²) in [6.45, 7) is 4.82. The number of amides is 1. The topological polar surface area (TPSA) is 75.3 Å². The Balaban J connectivity index is 2.44. The zero-order valence-corrected chi connectivity index (χ0v) is 11.7. The van der Waals surface area contributed by atoms with E-state index in [-0.39, 0.29) is 29.9 Å². The van der Waals surface area contributed by atoms with E-state index in [1.807, 2.05) is 0 Å². The van der Waals surface area contributed by atoms with E-state index in [0.29, 0.717) is 6.54 Å². The van der Waals surface area contributed by atoms with E-state index >= 15 is 0 Å². The second kappa shape index (κ2) is 7.10. The average molecular weight is 256 g/mol. The quantitative estimate of drug-likeness (QED) is 0.673. The predicted octanol–water partition coefficient (Wildman–Crippen LogP) is 1.42. The third-order valence-electron chi connectivity index (χ3n) is 4.56. The smallest absolute Gasteiger partial charge is 0.223 e. The first-order valence-corrected chi connectivity index (χ1v) is 7.21. The van der Waals surface area contributed by atoms with Crippen LogP contribution >= 0.6 is 0 Å². The molecular weight excluding hydrogens is 228 g/mol. The Bertz CT molecular complexity index is 256. The Labute approximate surface area is 110 Å². The molecule has 1 aliphatic carbocycles. The molecule has 1 rings (SSSR count). The second-order valence-corrected chi connectivity index (χ2v) is 5.71. The van der Waals surface area contributed by atoms with Gasteiger partial charge in [0.25, 0.3) is 0 Å². The number of carbonyl (C=O) groups is 1. The molecule has 0 aromatic rings. The number of hydrogen-bond donors (Lipinski definition) is 3. The molecule has 4 N–H and O–H groups in total. The molecule has 2 unspecified atom stereocenters. The van der Waals surface area contributed by atoms with Crippen molar-refractivity contribution in [1.29, 1.82) is 0 Å². The monoisotopic (exact) mass is 256 g/mol. The largest absolute Gasteiger partial charge is 0.396 e. The lowest BCUT2D eigenvalue weighted by Gasteiger charge is -2.31. The lowest BCUT2D eigenvalue weighted by molar-refractivity contribution is -0.126. The van der Waals surface area contributed by atoms with Crippen LogP contribution in [0.4, 0.5) is 0 Å². The van der Waals surface area contributed by atoms with E-state index in [0.717, 1.165) is 38.5 Å². The van der Waals surface area contributed by atoms with Crippen LogP contribution in [0.2, 0.25) is 0 Å². The van der Waals surface area contributed by atoms with Crippen LogP contribution < -0.4 is 11.1 Å². The minimum atomic E-state index is -0.160. The van der Waals surface area contributed by atoms with E-state index in [2.05, 4.69) is 19.2 Å². The highest BCUT2D eigenvalue weighted by molar-refractivity contribution is 5.78. The zero-order chi connectivity index (χ0) is 13.6. The number of hydrogen-bond acceptors (Lipinski definition) is 3. The summed E-state index contributed by atoms with van der Waals surface area (Å²) in [5.74, 6) is 0.184. The van der Waals surface area contributed by atoms with Gasteiger partial charge in [-0.25, -0.2) is 0 Å². The van der Waals surface area contributed by atoms with Crippen molar-refractivity contribution in [3.05, 3.63) is 0 Å². The van der Waals surface area contributed by atoms with E-state index < -0.39 is 0 Å². The molecule has 1 aliphatic rings. The first kappa shape index (κ1) is 15.4. The number of nitrogens with one attached hydrogen (secondary N) is 1. The van der Waals surface area contributed by atoms with Crippen LogP contribution in [-0.4, -0.2) is 30.2 Å². The Morgan fingerprint density at radius 2 is 2.06 bits per heavy atom. The highest BCUT2D eigenvalue weighted by atomic mass is 16.3. The summed E-state index contributed by atoms with van der Waals surface area (Å²) in [4.78, 5) is 12.1. The number of aliphatic hydroxyl groups excluding tert-OH is 1. The highest BCUT2D eigenvalue weighted by Gasteiger charge is 2.29. The van der Waals surface area contributed by atoms with Crippen molar-refractivity contribution in [3.63, 3.8) is 0 Å². The van der Waals surface area contributed by atoms with Crippen LogP contribution in [0.25, 0.3) is 0 Å². The summed E-state index contributed by atoms with van der Waals surface area (Å²) in [6, 6.07) is 0.175. The molecule has 18 heavy (non-hydrogen) atoms. The Morgan fingerprint density at radius 1 is 1.39 bits per heavy atom. The van der Waals surface area contributed by atoms with Gasteiger partial charge in [0.05, 0.1) is 6.61 Å². The van der Waals surface area contributed by atoms with Crippen LogP contribution in [0.15, 0.2) is 0 Å². The van der Waals surface area contributed by atoms with E-state index in [1.165, 1.54) is 0 Å². The van der Waals surface area contributed by atoms with Crippen LogP contribution in [-0.2, 0) is 4.79 Å². The SMILES string of the molecule is CCC(CC)(CO)CNC(=O)C1CCCC(N)C1. The van der Waals surface area contributed by atoms with Gasteiger partial charge in [-0.2, -0.15) is 0 Å². The Morgan fingerprint density at radius 3 is 2.56 bits per heavy atom. The zero-order valence-electron chi connectivity index (χ0n) is 11.7. The highest BCUT2D eigenvalue weighted by Crippen LogP contribution is 2.26. The maximum atomic E-state index is 12.1. The average Bonchev–Trinajstić information content (AvgIpc) is 2.40. The van der Waals surface area contributed by atoms with Gasteiger partial charge < -0.3 is 16.2 Å². The molecule has 4 heteroatoms. The van der Waals surface area contributed by atoms with Crippen LogP contribution in [0.1, 0.15) is 52.4 Å². The van der Waals surface area contributed by atoms with Gasteiger partial charge in [0, 0.05) is 23.9 Å². The van der Waals surface area contributed by atoms with Crippen LogP contribution in [0, 0.1) is 11.3 Å². The molecule has 1 saturated carbocycles. The molecule has 0 aromatic heterocycles. The molecule has 0 aromatic carbocycles. The molecule has 1 fully saturated rings. The fourth-order valence-corrected chi connectivity index (χ4v) is 2.66. The molecule has 106 valence electrons. The number of aliphatic hydroxyl groups is 1. The lowest BCUT2D eigenvalue weighted by Crippen LogP contribution is -2.43. The molecule has 0 bridgehead atoms. The maximum absolute atomic E-state index is 12.1. The standard InChI is InChI=1S/C14H28N2O2/c1-3-14(4-2,10-17)9-16-13(18)11-6-5-7-12(15)8-11/h11-12,17H,3-10,15H2,1-2H3,(H,16,18). The van der Waals surface area contributed by atoms with Crippen molar-refractivity contribution in [2.75, 3.05) is 13.2 Å². The molecule has 2 atom stereocenters. The Kier molecular flexibility index (Phi) is 6.09. The summed E-state index contributed by atoms with van der Waals surface area (Å²) >= 11 is 0. The van der Waals surface area contributed by atoms with E-state index in [1.54, 1.807) is 0 Å². The van der Waals surface area contributed by atoms with Gasteiger partial charge >= 0.3 is 0 Å². The van der Waals surface area contributed by atoms with Gasteiger partial charge in [-0.15, -0.1) is 0 Å². The van der Waals surface area contributed by atoms with E-state index in [9.17, 15) is 9.90 Å². The van der Waals surface area contributed by atoms with Gasteiger partial charge in [-0.1, -0.05) is 20.3 Å². The van der Waals surface area contributed by atoms with Crippen molar-refractivity contribution in [2.45, 2.75) is 58.4 Å². The van der Waals surface area contributed by atoms with Crippen LogP contribution in [0.3, 0.4) is 0 Å². The predicted molar refractivity (Wildman–Crippen MR) is 73.0 cm³/mol. The number of nitrogens with two attached hydrogens (primary N) is 1. The van der Waals surface area contributed by atoms with E-state index in [4.69, 9.17) is 5.73 Å². The van der Waals surface area contributed by atoms with Gasteiger partial charge in [0.15, 0.2) is 0 Å². The molecule has 4 nitrogen and oxygen atoms in total. The lowest BCUT2D eigenvalue weighted by atomic mass is 9.82. The molecular formula is C14H28N2O2. The number of carbonyl (C=O) groups excluding carboxylic acids is 1. The van der Waals surface area contributed by atoms with Gasteiger partial charge in [0.2, 0.25) is 5.91 Å². The summed E-state index contributed by atoms with van der Waals surface area (Å²) in [5.41, 5.74) is 5.74. The third kappa shape index (κ3) is 3.95.